The van der Waals surface area contributed by atoms with Crippen molar-refractivity contribution in [2.45, 2.75) is 6.54 Å². The molecule has 0 atom stereocenters. The lowest BCUT2D eigenvalue weighted by Crippen LogP contribution is -2.01. The Morgan fingerprint density at radius 3 is 2.38 bits per heavy atom. The first kappa shape index (κ1) is 14.3. The van der Waals surface area contributed by atoms with Gasteiger partial charge in [-0.3, -0.25) is 0 Å². The van der Waals surface area contributed by atoms with E-state index in [1.165, 1.54) is 5.54 Å². The van der Waals surface area contributed by atoms with E-state index in [2.05, 4.69) is 31.9 Å². The number of ether oxygens (including phenoxy) is 1. The molecule has 6 heteroatoms. The fourth-order valence-corrected chi connectivity index (χ4v) is 2.67. The largest absolute Gasteiger partial charge is 0.486 e. The number of benzene rings is 1. The van der Waals surface area contributed by atoms with E-state index < -0.39 is 0 Å². The van der Waals surface area contributed by atoms with E-state index in [-0.39, 0.29) is 6.61 Å². The van der Waals surface area contributed by atoms with Gasteiger partial charge in [0.25, 0.3) is 0 Å². The van der Waals surface area contributed by atoms with Gasteiger partial charge in [-0.25, -0.2) is 0 Å². The number of rotatable bonds is 4. The molecule has 1 aromatic carbocycles. The maximum atomic E-state index is 5.73. The minimum Gasteiger partial charge on any atom is -0.486 e. The molecule has 0 unspecified atom stereocenters. The Balaban J connectivity index is 2.88. The van der Waals surface area contributed by atoms with Crippen LogP contribution in [0, 0.1) is 0 Å². The van der Waals surface area contributed by atoms with Crippen LogP contribution >= 0.6 is 55.1 Å². The first-order chi connectivity index (χ1) is 7.58. The molecular weight excluding hydrogens is 381 g/mol. The van der Waals surface area contributed by atoms with Crippen LogP contribution in [0.15, 0.2) is 31.6 Å². The Hall–Kier alpha value is 0.260. The van der Waals surface area contributed by atoms with Gasteiger partial charge in [0.2, 0.25) is 0 Å². The summed E-state index contributed by atoms with van der Waals surface area (Å²) in [7, 11) is 0. The predicted molar refractivity (Wildman–Crippen MR) is 75.0 cm³/mol. The first-order valence-corrected chi connectivity index (χ1v) is 6.74. The zero-order chi connectivity index (χ0) is 12.1. The number of hydrogen-bond donors (Lipinski definition) is 1. The minimum absolute atomic E-state index is 0.226. The van der Waals surface area contributed by atoms with Gasteiger partial charge in [-0.2, -0.15) is 0 Å². The normalized spacial score (nSPS) is 11.7. The molecule has 0 radical (unpaired) electrons. The van der Waals surface area contributed by atoms with E-state index in [9.17, 15) is 0 Å². The third-order valence-corrected chi connectivity index (χ3v) is 3.54. The van der Waals surface area contributed by atoms with Crippen LogP contribution in [0.25, 0.3) is 0 Å². The van der Waals surface area contributed by atoms with Crippen molar-refractivity contribution in [3.8, 4) is 5.75 Å². The zero-order valence-corrected chi connectivity index (χ0v) is 12.8. The lowest BCUT2D eigenvalue weighted by atomic mass is 10.2. The summed E-state index contributed by atoms with van der Waals surface area (Å²) >= 11 is 18.0. The summed E-state index contributed by atoms with van der Waals surface area (Å²) in [6, 6.07) is 3.80. The SMILES string of the molecule is NCc1cc(Br)c(OC/C(Cl)=C/Cl)c(Br)c1. The second kappa shape index (κ2) is 6.87. The monoisotopic (exact) mass is 387 g/mol. The summed E-state index contributed by atoms with van der Waals surface area (Å²) < 4.78 is 7.14. The number of nitrogens with two attached hydrogens (primary N) is 1. The summed E-state index contributed by atoms with van der Waals surface area (Å²) in [6.07, 6.45) is 0. The minimum atomic E-state index is 0.226. The lowest BCUT2D eigenvalue weighted by Gasteiger charge is -2.11. The van der Waals surface area contributed by atoms with Gasteiger partial charge in [-0.05, 0) is 49.6 Å². The first-order valence-electron chi connectivity index (χ1n) is 4.34. The summed E-state index contributed by atoms with van der Waals surface area (Å²) in [6.45, 7) is 0.698. The molecule has 0 aromatic heterocycles. The zero-order valence-electron chi connectivity index (χ0n) is 8.14. The molecule has 0 aliphatic carbocycles. The van der Waals surface area contributed by atoms with Gasteiger partial charge >= 0.3 is 0 Å². The van der Waals surface area contributed by atoms with Crippen LogP contribution in [-0.2, 0) is 6.54 Å². The molecule has 0 fully saturated rings. The van der Waals surface area contributed by atoms with Crippen molar-refractivity contribution in [3.63, 3.8) is 0 Å². The maximum absolute atomic E-state index is 5.73. The molecule has 0 spiro atoms. The summed E-state index contributed by atoms with van der Waals surface area (Å²) in [4.78, 5) is 0. The molecule has 0 heterocycles. The molecule has 1 rings (SSSR count). The van der Waals surface area contributed by atoms with E-state index in [1.54, 1.807) is 0 Å². The Labute approximate surface area is 121 Å². The Morgan fingerprint density at radius 1 is 1.38 bits per heavy atom. The van der Waals surface area contributed by atoms with Gasteiger partial charge < -0.3 is 10.5 Å². The van der Waals surface area contributed by atoms with Gasteiger partial charge in [0.05, 0.1) is 14.0 Å². The van der Waals surface area contributed by atoms with Gasteiger partial charge in [0, 0.05) is 12.1 Å². The Kier molecular flexibility index (Phi) is 6.15. The van der Waals surface area contributed by atoms with Crippen molar-refractivity contribution in [2.24, 2.45) is 5.73 Å². The predicted octanol–water partition coefficient (Wildman–Crippen LogP) is 4.37. The van der Waals surface area contributed by atoms with E-state index in [0.717, 1.165) is 14.5 Å². The summed E-state index contributed by atoms with van der Waals surface area (Å²) in [5.41, 5.74) is 7.83. The van der Waals surface area contributed by atoms with Gasteiger partial charge in [-0.1, -0.05) is 23.2 Å². The average molecular weight is 390 g/mol. The fourth-order valence-electron chi connectivity index (χ4n) is 1.04. The van der Waals surface area contributed by atoms with Crippen LogP contribution in [0.2, 0.25) is 0 Å². The quantitative estimate of drug-likeness (QED) is 0.830. The highest BCUT2D eigenvalue weighted by molar-refractivity contribution is 9.11. The van der Waals surface area contributed by atoms with E-state index in [4.69, 9.17) is 33.7 Å². The van der Waals surface area contributed by atoms with Crippen LogP contribution in [0.4, 0.5) is 0 Å². The highest BCUT2D eigenvalue weighted by Crippen LogP contribution is 2.35. The Bertz CT molecular complexity index is 387. The third-order valence-electron chi connectivity index (χ3n) is 1.77. The van der Waals surface area contributed by atoms with Crippen LogP contribution < -0.4 is 10.5 Å². The standard InChI is InChI=1S/C10H9Br2Cl2NO/c11-8-1-6(4-15)2-9(12)10(8)16-5-7(14)3-13/h1-3H,4-5,15H2/b7-3-. The average Bonchev–Trinajstić information content (AvgIpc) is 2.27. The van der Waals surface area contributed by atoms with E-state index in [1.807, 2.05) is 12.1 Å². The van der Waals surface area contributed by atoms with Gasteiger partial charge in [0.1, 0.15) is 12.4 Å². The van der Waals surface area contributed by atoms with Crippen molar-refractivity contribution in [1.29, 1.82) is 0 Å². The van der Waals surface area contributed by atoms with Crippen LogP contribution in [0.1, 0.15) is 5.56 Å². The molecule has 0 aliphatic rings. The van der Waals surface area contributed by atoms with Crippen molar-refractivity contribution in [1.82, 2.24) is 0 Å². The molecule has 0 saturated carbocycles. The van der Waals surface area contributed by atoms with Gasteiger partial charge in [0.15, 0.2) is 0 Å². The molecule has 2 nitrogen and oxygen atoms in total. The van der Waals surface area contributed by atoms with Crippen molar-refractivity contribution >= 4 is 55.1 Å². The Morgan fingerprint density at radius 2 is 1.94 bits per heavy atom. The topological polar surface area (TPSA) is 35.2 Å². The maximum Gasteiger partial charge on any atom is 0.148 e. The highest BCUT2D eigenvalue weighted by Gasteiger charge is 2.08. The fraction of sp³-hybridized carbons (Fsp3) is 0.200. The van der Waals surface area contributed by atoms with Crippen molar-refractivity contribution < 1.29 is 4.74 Å². The van der Waals surface area contributed by atoms with E-state index >= 15 is 0 Å². The molecule has 2 N–H and O–H groups in total. The van der Waals surface area contributed by atoms with Crippen molar-refractivity contribution in [3.05, 3.63) is 37.2 Å². The number of halogens is 4. The van der Waals surface area contributed by atoms with Crippen LogP contribution in [0.3, 0.4) is 0 Å². The highest BCUT2D eigenvalue weighted by atomic mass is 79.9. The summed E-state index contributed by atoms with van der Waals surface area (Å²) in [5, 5.41) is 0.434. The van der Waals surface area contributed by atoms with Crippen molar-refractivity contribution in [2.75, 3.05) is 6.61 Å². The number of hydrogen-bond acceptors (Lipinski definition) is 2. The van der Waals surface area contributed by atoms with Crippen LogP contribution in [-0.4, -0.2) is 6.61 Å². The molecule has 0 amide bonds. The molecule has 0 saturated heterocycles. The lowest BCUT2D eigenvalue weighted by molar-refractivity contribution is 0.354. The smallest absolute Gasteiger partial charge is 0.148 e. The van der Waals surface area contributed by atoms with E-state index in [0.29, 0.717) is 17.3 Å². The molecule has 0 aliphatic heterocycles. The van der Waals surface area contributed by atoms with Crippen LogP contribution in [0.5, 0.6) is 5.75 Å². The van der Waals surface area contributed by atoms with Gasteiger partial charge in [-0.15, -0.1) is 0 Å². The molecule has 0 bridgehead atoms. The second-order valence-corrected chi connectivity index (χ2v) is 5.35. The third kappa shape index (κ3) is 3.93. The second-order valence-electron chi connectivity index (χ2n) is 2.94. The molecule has 1 aromatic rings. The summed E-state index contributed by atoms with van der Waals surface area (Å²) in [5.74, 6) is 0.675. The molecular formula is C10H9Br2Cl2NO. The molecule has 16 heavy (non-hydrogen) atoms. The molecule has 88 valence electrons.